The van der Waals surface area contributed by atoms with E-state index in [0.717, 1.165) is 37.3 Å². The van der Waals surface area contributed by atoms with Gasteiger partial charge in [0, 0.05) is 6.26 Å². The molecule has 1 aromatic carbocycles. The van der Waals surface area contributed by atoms with E-state index in [4.69, 9.17) is 0 Å². The summed E-state index contributed by atoms with van der Waals surface area (Å²) in [7, 11) is -2.62. The normalized spacial score (nSPS) is 13.1. The summed E-state index contributed by atoms with van der Waals surface area (Å²) in [5.41, 5.74) is -0.164. The number of benzene rings is 1. The fourth-order valence-corrected chi connectivity index (χ4v) is 3.47. The summed E-state index contributed by atoms with van der Waals surface area (Å²) in [4.78, 5) is 10.9. The molecule has 0 aliphatic rings. The SMILES string of the molecule is COC(=O)C(O)c1cc(F)c(SC)c(S(C)(=O)=O)c1. The highest BCUT2D eigenvalue weighted by Gasteiger charge is 2.24. The summed E-state index contributed by atoms with van der Waals surface area (Å²) in [6.45, 7) is 0. The molecule has 0 spiro atoms. The van der Waals surface area contributed by atoms with Crippen LogP contribution in [0.15, 0.2) is 21.9 Å². The third kappa shape index (κ3) is 3.46. The Hall–Kier alpha value is -1.12. The van der Waals surface area contributed by atoms with Crippen molar-refractivity contribution in [3.05, 3.63) is 23.5 Å². The van der Waals surface area contributed by atoms with Crippen LogP contribution in [0.25, 0.3) is 0 Å². The molecule has 0 aromatic heterocycles. The summed E-state index contributed by atoms with van der Waals surface area (Å²) >= 11 is 0.932. The average Bonchev–Trinajstić information content (AvgIpc) is 2.34. The predicted octanol–water partition coefficient (Wildman–Crippen LogP) is 1.16. The Labute approximate surface area is 114 Å². The van der Waals surface area contributed by atoms with Crippen LogP contribution in [0.3, 0.4) is 0 Å². The highest BCUT2D eigenvalue weighted by molar-refractivity contribution is 7.99. The third-order valence-corrected chi connectivity index (χ3v) is 4.45. The average molecular weight is 308 g/mol. The number of esters is 1. The smallest absolute Gasteiger partial charge is 0.339 e. The maximum absolute atomic E-state index is 13.8. The van der Waals surface area contributed by atoms with Crippen molar-refractivity contribution in [3.8, 4) is 0 Å². The number of hydrogen-bond acceptors (Lipinski definition) is 6. The van der Waals surface area contributed by atoms with Crippen LogP contribution in [0.2, 0.25) is 0 Å². The van der Waals surface area contributed by atoms with Crippen molar-refractivity contribution in [1.82, 2.24) is 0 Å². The Balaban J connectivity index is 3.48. The molecular formula is C11H13FO5S2. The summed E-state index contributed by atoms with van der Waals surface area (Å²) in [6, 6.07) is 1.99. The third-order valence-electron chi connectivity index (χ3n) is 2.38. The standard InChI is InChI=1S/C11H13FO5S2/c1-17-11(14)9(13)6-4-7(12)10(18-2)8(5-6)19(3,15)16/h4-5,9,13H,1-3H3. The Morgan fingerprint density at radius 1 is 1.47 bits per heavy atom. The molecule has 0 aliphatic carbocycles. The van der Waals surface area contributed by atoms with Crippen LogP contribution in [0, 0.1) is 5.82 Å². The minimum atomic E-state index is -3.68. The molecule has 1 atom stereocenters. The lowest BCUT2D eigenvalue weighted by molar-refractivity contribution is -0.150. The van der Waals surface area contributed by atoms with Crippen molar-refractivity contribution in [2.75, 3.05) is 19.6 Å². The molecule has 1 aromatic rings. The van der Waals surface area contributed by atoms with Crippen LogP contribution < -0.4 is 0 Å². The van der Waals surface area contributed by atoms with Crippen LogP contribution in [0.5, 0.6) is 0 Å². The van der Waals surface area contributed by atoms with E-state index in [-0.39, 0.29) is 15.4 Å². The van der Waals surface area contributed by atoms with E-state index in [1.807, 2.05) is 0 Å². The van der Waals surface area contributed by atoms with Gasteiger partial charge >= 0.3 is 5.97 Å². The van der Waals surface area contributed by atoms with Gasteiger partial charge in [0.05, 0.1) is 16.9 Å². The number of methoxy groups -OCH3 is 1. The second-order valence-electron chi connectivity index (χ2n) is 3.73. The lowest BCUT2D eigenvalue weighted by Gasteiger charge is -2.13. The first-order valence-corrected chi connectivity index (χ1v) is 8.17. The van der Waals surface area contributed by atoms with Crippen molar-refractivity contribution in [2.45, 2.75) is 15.9 Å². The van der Waals surface area contributed by atoms with Crippen molar-refractivity contribution >= 4 is 27.6 Å². The first-order valence-electron chi connectivity index (χ1n) is 5.05. The van der Waals surface area contributed by atoms with E-state index in [1.165, 1.54) is 6.26 Å². The Morgan fingerprint density at radius 2 is 2.05 bits per heavy atom. The van der Waals surface area contributed by atoms with E-state index in [9.17, 15) is 22.7 Å². The number of carbonyl (C=O) groups excluding carboxylic acids is 1. The van der Waals surface area contributed by atoms with E-state index in [0.29, 0.717) is 0 Å². The lowest BCUT2D eigenvalue weighted by atomic mass is 10.1. The largest absolute Gasteiger partial charge is 0.467 e. The highest BCUT2D eigenvalue weighted by atomic mass is 32.2. The zero-order chi connectivity index (χ0) is 14.8. The predicted molar refractivity (Wildman–Crippen MR) is 68.3 cm³/mol. The molecule has 0 heterocycles. The van der Waals surface area contributed by atoms with E-state index in [2.05, 4.69) is 4.74 Å². The van der Waals surface area contributed by atoms with Crippen molar-refractivity contribution < 1.29 is 27.4 Å². The molecule has 5 nitrogen and oxygen atoms in total. The molecule has 0 amide bonds. The monoisotopic (exact) mass is 308 g/mol. The number of rotatable bonds is 4. The molecule has 1 unspecified atom stereocenters. The molecule has 0 saturated carbocycles. The molecule has 8 heteroatoms. The summed E-state index contributed by atoms with van der Waals surface area (Å²) in [6.07, 6.45) is 0.732. The van der Waals surface area contributed by atoms with Gasteiger partial charge in [0.25, 0.3) is 0 Å². The Kier molecular flexibility index (Phi) is 4.94. The van der Waals surface area contributed by atoms with Crippen LogP contribution in [-0.2, 0) is 19.4 Å². The van der Waals surface area contributed by atoms with Crippen molar-refractivity contribution in [3.63, 3.8) is 0 Å². The van der Waals surface area contributed by atoms with E-state index >= 15 is 0 Å². The number of aliphatic hydroxyl groups excluding tert-OH is 1. The molecule has 0 fully saturated rings. The molecule has 0 radical (unpaired) electrons. The Bertz CT molecular complexity index is 597. The number of halogens is 1. The first-order chi connectivity index (χ1) is 8.72. The van der Waals surface area contributed by atoms with Gasteiger partial charge in [-0.25, -0.2) is 17.6 Å². The van der Waals surface area contributed by atoms with E-state index in [1.54, 1.807) is 0 Å². The second-order valence-corrected chi connectivity index (χ2v) is 6.53. The number of hydrogen-bond donors (Lipinski definition) is 1. The fraction of sp³-hybridized carbons (Fsp3) is 0.364. The van der Waals surface area contributed by atoms with Gasteiger partial charge in [0.2, 0.25) is 0 Å². The van der Waals surface area contributed by atoms with Gasteiger partial charge in [-0.1, -0.05) is 0 Å². The van der Waals surface area contributed by atoms with E-state index < -0.39 is 27.7 Å². The van der Waals surface area contributed by atoms with Gasteiger partial charge < -0.3 is 9.84 Å². The lowest BCUT2D eigenvalue weighted by Crippen LogP contribution is -2.15. The number of carbonyl (C=O) groups is 1. The molecule has 0 aliphatic heterocycles. The van der Waals surface area contributed by atoms with Crippen LogP contribution in [0.4, 0.5) is 4.39 Å². The number of aliphatic hydroxyl groups is 1. The second kappa shape index (κ2) is 5.89. The molecule has 0 bridgehead atoms. The minimum Gasteiger partial charge on any atom is -0.467 e. The maximum atomic E-state index is 13.8. The zero-order valence-corrected chi connectivity index (χ0v) is 12.1. The van der Waals surface area contributed by atoms with Crippen molar-refractivity contribution in [1.29, 1.82) is 0 Å². The number of sulfone groups is 1. The van der Waals surface area contributed by atoms with Gasteiger partial charge in [0.15, 0.2) is 15.9 Å². The molecule has 1 N–H and O–H groups in total. The number of ether oxygens (including phenoxy) is 1. The van der Waals surface area contributed by atoms with Gasteiger partial charge in [-0.2, -0.15) is 0 Å². The van der Waals surface area contributed by atoms with Gasteiger partial charge in [0.1, 0.15) is 5.82 Å². The zero-order valence-electron chi connectivity index (χ0n) is 10.5. The first kappa shape index (κ1) is 15.9. The molecule has 0 saturated heterocycles. The van der Waals surface area contributed by atoms with Crippen LogP contribution in [-0.4, -0.2) is 39.1 Å². The summed E-state index contributed by atoms with van der Waals surface area (Å²) in [5, 5.41) is 9.62. The van der Waals surface area contributed by atoms with Crippen molar-refractivity contribution in [2.24, 2.45) is 0 Å². The highest BCUT2D eigenvalue weighted by Crippen LogP contribution is 2.31. The molecule has 106 valence electrons. The van der Waals surface area contributed by atoms with Gasteiger partial charge in [-0.05, 0) is 24.0 Å². The molecular weight excluding hydrogens is 295 g/mol. The quantitative estimate of drug-likeness (QED) is 0.664. The van der Waals surface area contributed by atoms with Crippen LogP contribution >= 0.6 is 11.8 Å². The number of thioether (sulfide) groups is 1. The van der Waals surface area contributed by atoms with Crippen LogP contribution in [0.1, 0.15) is 11.7 Å². The summed E-state index contributed by atoms with van der Waals surface area (Å²) < 4.78 is 41.3. The topological polar surface area (TPSA) is 80.7 Å². The summed E-state index contributed by atoms with van der Waals surface area (Å²) in [5.74, 6) is -1.80. The fourth-order valence-electron chi connectivity index (χ4n) is 1.47. The maximum Gasteiger partial charge on any atom is 0.339 e. The molecule has 1 rings (SSSR count). The van der Waals surface area contributed by atoms with Gasteiger partial charge in [-0.15, -0.1) is 11.8 Å². The van der Waals surface area contributed by atoms with Gasteiger partial charge in [-0.3, -0.25) is 0 Å². The Morgan fingerprint density at radius 3 is 2.47 bits per heavy atom. The minimum absolute atomic E-state index is 0.0525. The molecule has 19 heavy (non-hydrogen) atoms.